The zero-order valence-electron chi connectivity index (χ0n) is 10.4. The Bertz CT molecular complexity index is 343. The number of carbonyl (C=O) groups excluding carboxylic acids is 1. The highest BCUT2D eigenvalue weighted by atomic mass is 32.2. The predicted molar refractivity (Wildman–Crippen MR) is 75.2 cm³/mol. The molecule has 0 aliphatic heterocycles. The van der Waals surface area contributed by atoms with Gasteiger partial charge in [-0.1, -0.05) is 55.8 Å². The largest absolute Gasteiger partial charge is 0.303 e. The van der Waals surface area contributed by atoms with Crippen LogP contribution in [0.5, 0.6) is 0 Å². The van der Waals surface area contributed by atoms with E-state index in [1.54, 1.807) is 11.8 Å². The number of aldehydes is 1. The van der Waals surface area contributed by atoms with Crippen molar-refractivity contribution >= 4 is 18.0 Å². The van der Waals surface area contributed by atoms with Gasteiger partial charge in [-0.25, -0.2) is 0 Å². The second-order valence-corrected chi connectivity index (χ2v) is 5.15. The summed E-state index contributed by atoms with van der Waals surface area (Å²) in [6.07, 6.45) is 8.53. The third-order valence-corrected chi connectivity index (χ3v) is 3.56. The highest BCUT2D eigenvalue weighted by Crippen LogP contribution is 2.28. The summed E-state index contributed by atoms with van der Waals surface area (Å²) >= 11 is 1.70. The first-order valence-electron chi connectivity index (χ1n) is 6.22. The van der Waals surface area contributed by atoms with Crippen molar-refractivity contribution < 1.29 is 4.79 Å². The topological polar surface area (TPSA) is 17.1 Å². The smallest absolute Gasteiger partial charge is 0.124 e. The third-order valence-electron chi connectivity index (χ3n) is 2.46. The number of rotatable bonds is 8. The lowest BCUT2D eigenvalue weighted by Crippen LogP contribution is -1.82. The summed E-state index contributed by atoms with van der Waals surface area (Å²) in [5, 5.41) is 0. The van der Waals surface area contributed by atoms with Crippen molar-refractivity contribution in [2.45, 2.75) is 43.9 Å². The number of carbonyl (C=O) groups is 1. The molecule has 0 saturated heterocycles. The summed E-state index contributed by atoms with van der Waals surface area (Å²) < 4.78 is 0. The van der Waals surface area contributed by atoms with Crippen LogP contribution in [0.3, 0.4) is 0 Å². The molecule has 1 aromatic rings. The van der Waals surface area contributed by atoms with E-state index in [1.807, 2.05) is 18.2 Å². The molecular formula is C15H20OS. The van der Waals surface area contributed by atoms with Crippen LogP contribution >= 0.6 is 11.8 Å². The van der Waals surface area contributed by atoms with Gasteiger partial charge in [0.25, 0.3) is 0 Å². The molecule has 0 aliphatic rings. The van der Waals surface area contributed by atoms with Crippen LogP contribution < -0.4 is 0 Å². The molecule has 0 spiro atoms. The first kappa shape index (κ1) is 14.0. The van der Waals surface area contributed by atoms with E-state index in [0.29, 0.717) is 6.42 Å². The summed E-state index contributed by atoms with van der Waals surface area (Å²) in [4.78, 5) is 13.0. The van der Waals surface area contributed by atoms with Crippen molar-refractivity contribution in [1.82, 2.24) is 0 Å². The molecule has 0 saturated carbocycles. The van der Waals surface area contributed by atoms with E-state index in [2.05, 4.69) is 25.1 Å². The van der Waals surface area contributed by atoms with Gasteiger partial charge in [-0.15, -0.1) is 0 Å². The van der Waals surface area contributed by atoms with Gasteiger partial charge in [0.15, 0.2) is 0 Å². The molecule has 1 nitrogen and oxygen atoms in total. The average molecular weight is 248 g/mol. The minimum atomic E-state index is 0.533. The van der Waals surface area contributed by atoms with Crippen LogP contribution in [0.1, 0.15) is 39.0 Å². The Hall–Kier alpha value is -1.02. The van der Waals surface area contributed by atoms with Crippen molar-refractivity contribution in [1.29, 1.82) is 0 Å². The maximum atomic E-state index is 10.6. The Balaban J connectivity index is 2.50. The van der Waals surface area contributed by atoms with Crippen molar-refractivity contribution in [3.63, 3.8) is 0 Å². The fraction of sp³-hybridized carbons (Fsp3) is 0.400. The van der Waals surface area contributed by atoms with Crippen LogP contribution in [-0.4, -0.2) is 6.29 Å². The van der Waals surface area contributed by atoms with Gasteiger partial charge in [-0.3, -0.25) is 0 Å². The summed E-state index contributed by atoms with van der Waals surface area (Å²) in [6, 6.07) is 10.2. The molecule has 2 heteroatoms. The van der Waals surface area contributed by atoms with Gasteiger partial charge in [-0.05, 0) is 29.9 Å². The zero-order valence-corrected chi connectivity index (χ0v) is 11.2. The standard InChI is InChI=1S/C15H20OS/c1-2-3-4-6-11-15(12-13-16)17-14-9-7-5-8-10-14/h5,7-11,13H,2-4,6,12H2,1H3/b15-11+. The molecule has 0 fully saturated rings. The van der Waals surface area contributed by atoms with E-state index in [1.165, 1.54) is 29.1 Å². The van der Waals surface area contributed by atoms with E-state index < -0.39 is 0 Å². The normalized spacial score (nSPS) is 11.5. The van der Waals surface area contributed by atoms with Gasteiger partial charge in [-0.2, -0.15) is 0 Å². The van der Waals surface area contributed by atoms with E-state index in [0.717, 1.165) is 12.7 Å². The number of hydrogen-bond donors (Lipinski definition) is 0. The Kier molecular flexibility index (Phi) is 7.48. The van der Waals surface area contributed by atoms with Crippen molar-refractivity contribution in [3.8, 4) is 0 Å². The van der Waals surface area contributed by atoms with Crippen molar-refractivity contribution in [2.24, 2.45) is 0 Å². The molecule has 0 unspecified atom stereocenters. The van der Waals surface area contributed by atoms with Gasteiger partial charge in [0.1, 0.15) is 6.29 Å². The second kappa shape index (κ2) is 9.06. The molecular weight excluding hydrogens is 228 g/mol. The van der Waals surface area contributed by atoms with E-state index >= 15 is 0 Å². The quantitative estimate of drug-likeness (QED) is 0.372. The SMILES string of the molecule is CCCCC/C=C(\CC=O)Sc1ccccc1. The van der Waals surface area contributed by atoms with Crippen LogP contribution in [0.2, 0.25) is 0 Å². The Labute approximate surface area is 108 Å². The Morgan fingerprint density at radius 3 is 2.65 bits per heavy atom. The van der Waals surface area contributed by atoms with E-state index in [4.69, 9.17) is 0 Å². The molecule has 1 rings (SSSR count). The molecule has 0 heterocycles. The Morgan fingerprint density at radius 1 is 1.24 bits per heavy atom. The lowest BCUT2D eigenvalue weighted by Gasteiger charge is -2.04. The first-order valence-corrected chi connectivity index (χ1v) is 7.04. The highest BCUT2D eigenvalue weighted by molar-refractivity contribution is 8.03. The monoisotopic (exact) mass is 248 g/mol. The minimum absolute atomic E-state index is 0.533. The fourth-order valence-electron chi connectivity index (χ4n) is 1.55. The number of hydrogen-bond acceptors (Lipinski definition) is 2. The third kappa shape index (κ3) is 6.32. The lowest BCUT2D eigenvalue weighted by atomic mass is 10.2. The average Bonchev–Trinajstić information content (AvgIpc) is 2.36. The van der Waals surface area contributed by atoms with Crippen molar-refractivity contribution in [2.75, 3.05) is 0 Å². The van der Waals surface area contributed by atoms with Gasteiger partial charge < -0.3 is 4.79 Å². The maximum absolute atomic E-state index is 10.6. The number of thioether (sulfide) groups is 1. The lowest BCUT2D eigenvalue weighted by molar-refractivity contribution is -0.107. The summed E-state index contributed by atoms with van der Waals surface area (Å²) in [6.45, 7) is 2.20. The Morgan fingerprint density at radius 2 is 2.00 bits per heavy atom. The molecule has 0 bridgehead atoms. The van der Waals surface area contributed by atoms with Gasteiger partial charge in [0.05, 0.1) is 0 Å². The van der Waals surface area contributed by atoms with Crippen LogP contribution in [0.25, 0.3) is 0 Å². The second-order valence-electron chi connectivity index (χ2n) is 3.95. The molecule has 0 N–H and O–H groups in total. The predicted octanol–water partition coefficient (Wildman–Crippen LogP) is 4.83. The maximum Gasteiger partial charge on any atom is 0.124 e. The van der Waals surface area contributed by atoms with E-state index in [-0.39, 0.29) is 0 Å². The van der Waals surface area contributed by atoms with Gasteiger partial charge >= 0.3 is 0 Å². The van der Waals surface area contributed by atoms with Crippen LogP contribution in [0.4, 0.5) is 0 Å². The number of benzene rings is 1. The zero-order chi connectivity index (χ0) is 12.3. The molecule has 0 aliphatic carbocycles. The summed E-state index contributed by atoms with van der Waals surface area (Å²) in [5.41, 5.74) is 0. The molecule has 0 atom stereocenters. The molecule has 0 amide bonds. The van der Waals surface area contributed by atoms with Gasteiger partial charge in [0, 0.05) is 11.3 Å². The molecule has 1 aromatic carbocycles. The fourth-order valence-corrected chi connectivity index (χ4v) is 2.49. The van der Waals surface area contributed by atoms with Crippen molar-refractivity contribution in [3.05, 3.63) is 41.3 Å². The summed E-state index contributed by atoms with van der Waals surface area (Å²) in [5.74, 6) is 0. The summed E-state index contributed by atoms with van der Waals surface area (Å²) in [7, 11) is 0. The molecule has 92 valence electrons. The molecule has 17 heavy (non-hydrogen) atoms. The van der Waals surface area contributed by atoms with Crippen LogP contribution in [0.15, 0.2) is 46.2 Å². The minimum Gasteiger partial charge on any atom is -0.303 e. The number of unbranched alkanes of at least 4 members (excludes halogenated alkanes) is 3. The van der Waals surface area contributed by atoms with Crippen LogP contribution in [0, 0.1) is 0 Å². The number of allylic oxidation sites excluding steroid dienone is 2. The van der Waals surface area contributed by atoms with Gasteiger partial charge in [0.2, 0.25) is 0 Å². The first-order chi connectivity index (χ1) is 8.36. The molecule has 0 radical (unpaired) electrons. The van der Waals surface area contributed by atoms with Crippen LogP contribution in [-0.2, 0) is 4.79 Å². The van der Waals surface area contributed by atoms with E-state index in [9.17, 15) is 4.79 Å². The molecule has 0 aromatic heterocycles. The highest BCUT2D eigenvalue weighted by Gasteiger charge is 1.99.